The van der Waals surface area contributed by atoms with E-state index in [9.17, 15) is 8.78 Å². The molecule has 0 spiro atoms. The molecule has 0 radical (unpaired) electrons. The highest BCUT2D eigenvalue weighted by atomic mass is 19.3. The maximum atomic E-state index is 12.5. The molecule has 2 nitrogen and oxygen atoms in total. The molecule has 0 aliphatic rings. The van der Waals surface area contributed by atoms with Crippen molar-refractivity contribution in [1.29, 1.82) is 0 Å². The van der Waals surface area contributed by atoms with Crippen LogP contribution in [0, 0.1) is 0 Å². The van der Waals surface area contributed by atoms with Gasteiger partial charge in [-0.25, -0.2) is 8.78 Å². The molecule has 0 aliphatic heterocycles. The Balaban J connectivity index is 1.89. The zero-order valence-corrected chi connectivity index (χ0v) is 10.2. The summed E-state index contributed by atoms with van der Waals surface area (Å²) in [7, 11) is 0. The molecule has 0 fully saturated rings. The van der Waals surface area contributed by atoms with Crippen LogP contribution in [0.25, 0.3) is 0 Å². The van der Waals surface area contributed by atoms with E-state index in [1.54, 1.807) is 18.3 Å². The van der Waals surface area contributed by atoms with Crippen LogP contribution in [0.4, 0.5) is 8.78 Å². The molecule has 2 rings (SSSR count). The largest absolute Gasteiger partial charge is 0.391 e. The third-order valence-corrected chi connectivity index (χ3v) is 2.51. The summed E-state index contributed by atoms with van der Waals surface area (Å²) in [6.45, 7) is 0.171. The van der Waals surface area contributed by atoms with Gasteiger partial charge in [0.2, 0.25) is 0 Å². The molecule has 0 atom stereocenters. The summed E-state index contributed by atoms with van der Waals surface area (Å²) in [5.41, 5.74) is 1.58. The van der Waals surface area contributed by atoms with Crippen LogP contribution in [0.1, 0.15) is 23.1 Å². The van der Waals surface area contributed by atoms with E-state index < -0.39 is 6.43 Å². The minimum Gasteiger partial charge on any atom is -0.391 e. The summed E-state index contributed by atoms with van der Waals surface area (Å²) in [6.07, 6.45) is -0.885. The van der Waals surface area contributed by atoms with E-state index >= 15 is 0 Å². The van der Waals surface area contributed by atoms with Crippen LogP contribution in [0.3, 0.4) is 0 Å². The van der Waals surface area contributed by atoms with E-state index in [1.807, 2.05) is 30.3 Å². The standard InChI is InChI=1S/C15H13F2NO/c16-15(17)14-8-4-7-13(9-14)11-19-18-10-12-5-2-1-3-6-12/h1-10,15H,11H2. The van der Waals surface area contributed by atoms with Crippen LogP contribution < -0.4 is 0 Å². The minimum absolute atomic E-state index is 0.00635. The zero-order chi connectivity index (χ0) is 13.5. The summed E-state index contributed by atoms with van der Waals surface area (Å²) in [5, 5.41) is 3.80. The third kappa shape index (κ3) is 4.17. The second kappa shape index (κ2) is 6.64. The molecule has 0 amide bonds. The molecule has 0 aromatic heterocycles. The zero-order valence-electron chi connectivity index (χ0n) is 10.2. The topological polar surface area (TPSA) is 21.6 Å². The molecule has 0 aliphatic carbocycles. The Morgan fingerprint density at radius 3 is 2.58 bits per heavy atom. The molecule has 0 N–H and O–H groups in total. The number of rotatable bonds is 5. The molecule has 2 aromatic carbocycles. The van der Waals surface area contributed by atoms with Crippen molar-refractivity contribution in [2.24, 2.45) is 5.16 Å². The van der Waals surface area contributed by atoms with Crippen molar-refractivity contribution < 1.29 is 13.6 Å². The second-order valence-corrected chi connectivity index (χ2v) is 3.96. The van der Waals surface area contributed by atoms with Crippen molar-refractivity contribution in [3.63, 3.8) is 0 Å². The van der Waals surface area contributed by atoms with Gasteiger partial charge in [-0.2, -0.15) is 0 Å². The summed E-state index contributed by atoms with van der Waals surface area (Å²) in [4.78, 5) is 5.08. The molecule has 2 aromatic rings. The number of nitrogens with zero attached hydrogens (tertiary/aromatic N) is 1. The van der Waals surface area contributed by atoms with Gasteiger partial charge in [0, 0.05) is 5.56 Å². The molecular weight excluding hydrogens is 248 g/mol. The normalized spacial score (nSPS) is 11.1. The lowest BCUT2D eigenvalue weighted by molar-refractivity contribution is 0.130. The fourth-order valence-corrected chi connectivity index (χ4v) is 1.57. The van der Waals surface area contributed by atoms with Gasteiger partial charge in [0.25, 0.3) is 6.43 Å². The average molecular weight is 261 g/mol. The molecule has 0 bridgehead atoms. The maximum absolute atomic E-state index is 12.5. The van der Waals surface area contributed by atoms with Gasteiger partial charge in [0.05, 0.1) is 6.21 Å². The lowest BCUT2D eigenvalue weighted by Crippen LogP contribution is -1.91. The van der Waals surface area contributed by atoms with Crippen LogP contribution in [0.15, 0.2) is 59.8 Å². The summed E-state index contributed by atoms with van der Waals surface area (Å²) in [5.74, 6) is 0. The number of hydrogen-bond donors (Lipinski definition) is 0. The predicted octanol–water partition coefficient (Wildman–Crippen LogP) is 4.17. The quantitative estimate of drug-likeness (QED) is 0.584. The highest BCUT2D eigenvalue weighted by molar-refractivity contribution is 5.78. The first-order valence-electron chi connectivity index (χ1n) is 5.83. The molecule has 0 unspecified atom stereocenters. The summed E-state index contributed by atoms with van der Waals surface area (Å²) >= 11 is 0. The summed E-state index contributed by atoms with van der Waals surface area (Å²) in [6, 6.07) is 15.6. The van der Waals surface area contributed by atoms with Gasteiger partial charge < -0.3 is 4.84 Å². The highest BCUT2D eigenvalue weighted by Crippen LogP contribution is 2.19. The Hall–Kier alpha value is -2.23. The SMILES string of the molecule is FC(F)c1cccc(CON=Cc2ccccc2)c1. The fourth-order valence-electron chi connectivity index (χ4n) is 1.57. The van der Waals surface area contributed by atoms with Gasteiger partial charge >= 0.3 is 0 Å². The van der Waals surface area contributed by atoms with E-state index in [0.717, 1.165) is 5.56 Å². The monoisotopic (exact) mass is 261 g/mol. The molecule has 0 saturated carbocycles. The first-order valence-corrected chi connectivity index (χ1v) is 5.83. The van der Waals surface area contributed by atoms with E-state index in [1.165, 1.54) is 12.1 Å². The summed E-state index contributed by atoms with van der Waals surface area (Å²) < 4.78 is 25.0. The van der Waals surface area contributed by atoms with Crippen molar-refractivity contribution in [2.75, 3.05) is 0 Å². The van der Waals surface area contributed by atoms with Crippen LogP contribution in [-0.2, 0) is 11.4 Å². The number of alkyl halides is 2. The van der Waals surface area contributed by atoms with Crippen LogP contribution in [0.5, 0.6) is 0 Å². The first-order chi connectivity index (χ1) is 9.25. The maximum Gasteiger partial charge on any atom is 0.263 e. The molecule has 19 heavy (non-hydrogen) atoms. The van der Waals surface area contributed by atoms with E-state index in [0.29, 0.717) is 5.56 Å². The third-order valence-electron chi connectivity index (χ3n) is 2.51. The number of hydrogen-bond acceptors (Lipinski definition) is 2. The Morgan fingerprint density at radius 2 is 1.84 bits per heavy atom. The van der Waals surface area contributed by atoms with Crippen molar-refractivity contribution in [3.8, 4) is 0 Å². The lowest BCUT2D eigenvalue weighted by atomic mass is 10.1. The predicted molar refractivity (Wildman–Crippen MR) is 70.2 cm³/mol. The van der Waals surface area contributed by atoms with Gasteiger partial charge in [-0.15, -0.1) is 0 Å². The van der Waals surface area contributed by atoms with E-state index in [-0.39, 0.29) is 12.2 Å². The lowest BCUT2D eigenvalue weighted by Gasteiger charge is -2.03. The fraction of sp³-hybridized carbons (Fsp3) is 0.133. The molecule has 0 heterocycles. The van der Waals surface area contributed by atoms with Gasteiger partial charge in [-0.3, -0.25) is 0 Å². The Bertz CT molecular complexity index is 541. The highest BCUT2D eigenvalue weighted by Gasteiger charge is 2.06. The average Bonchev–Trinajstić information content (AvgIpc) is 2.45. The molecule has 0 saturated heterocycles. The van der Waals surface area contributed by atoms with Crippen molar-refractivity contribution in [1.82, 2.24) is 0 Å². The van der Waals surface area contributed by atoms with E-state index in [2.05, 4.69) is 5.16 Å². The second-order valence-electron chi connectivity index (χ2n) is 3.96. The Morgan fingerprint density at radius 1 is 1.05 bits per heavy atom. The van der Waals surface area contributed by atoms with Gasteiger partial charge in [-0.05, 0) is 17.2 Å². The smallest absolute Gasteiger partial charge is 0.263 e. The minimum atomic E-state index is -2.47. The van der Waals surface area contributed by atoms with Crippen molar-refractivity contribution >= 4 is 6.21 Å². The number of benzene rings is 2. The molecular formula is C15H13F2NO. The van der Waals surface area contributed by atoms with Crippen molar-refractivity contribution in [3.05, 3.63) is 71.3 Å². The van der Waals surface area contributed by atoms with Crippen LogP contribution >= 0.6 is 0 Å². The number of halogens is 2. The Kier molecular flexibility index (Phi) is 4.61. The van der Waals surface area contributed by atoms with Crippen LogP contribution in [-0.4, -0.2) is 6.21 Å². The van der Waals surface area contributed by atoms with Gasteiger partial charge in [-0.1, -0.05) is 53.7 Å². The van der Waals surface area contributed by atoms with Crippen LogP contribution in [0.2, 0.25) is 0 Å². The molecule has 98 valence electrons. The molecule has 4 heteroatoms. The Labute approximate surface area is 110 Å². The van der Waals surface area contributed by atoms with Crippen molar-refractivity contribution in [2.45, 2.75) is 13.0 Å². The van der Waals surface area contributed by atoms with E-state index in [4.69, 9.17) is 4.84 Å². The van der Waals surface area contributed by atoms with Gasteiger partial charge in [0.15, 0.2) is 0 Å². The first kappa shape index (κ1) is 13.2. The van der Waals surface area contributed by atoms with Gasteiger partial charge in [0.1, 0.15) is 6.61 Å². The number of oxime groups is 1.